The average Bonchev–Trinajstić information content (AvgIpc) is 1.83. The molecular formula is C4H10N2S2. The van der Waals surface area contributed by atoms with E-state index >= 15 is 0 Å². The molecule has 0 aliphatic rings. The first-order valence-corrected chi connectivity index (χ1v) is 3.65. The van der Waals surface area contributed by atoms with Crippen LogP contribution in [0.2, 0.25) is 0 Å². The molecule has 48 valence electrons. The van der Waals surface area contributed by atoms with E-state index in [0.717, 1.165) is 10.9 Å². The van der Waals surface area contributed by atoms with Crippen molar-refractivity contribution in [2.24, 2.45) is 0 Å². The van der Waals surface area contributed by atoms with Gasteiger partial charge in [-0.25, -0.2) is 0 Å². The summed E-state index contributed by atoms with van der Waals surface area (Å²) < 4.78 is 3.80. The van der Waals surface area contributed by atoms with Gasteiger partial charge in [0, 0.05) is 13.6 Å². The highest BCUT2D eigenvalue weighted by Gasteiger charge is 1.87. The third kappa shape index (κ3) is 4.36. The maximum Gasteiger partial charge on any atom is 0.148 e. The van der Waals surface area contributed by atoms with Crippen molar-refractivity contribution in [3.05, 3.63) is 0 Å². The summed E-state index contributed by atoms with van der Waals surface area (Å²) in [6.45, 7) is 2.97. The Hall–Kier alpha value is 0.200. The zero-order chi connectivity index (χ0) is 6.41. The van der Waals surface area contributed by atoms with Crippen molar-refractivity contribution >= 4 is 28.5 Å². The van der Waals surface area contributed by atoms with E-state index in [2.05, 4.69) is 10.0 Å². The first kappa shape index (κ1) is 8.20. The minimum Gasteiger partial charge on any atom is -0.373 e. The molecule has 0 rings (SSSR count). The number of hydrogen-bond donors (Lipinski definition) is 2. The Kier molecular flexibility index (Phi) is 5.47. The first-order chi connectivity index (χ1) is 3.81. The lowest BCUT2D eigenvalue weighted by atomic mass is 10.8. The molecule has 0 aromatic heterocycles. The van der Waals surface area contributed by atoms with E-state index in [0.29, 0.717) is 0 Å². The molecule has 0 saturated heterocycles. The minimum atomic E-state index is 0.784. The highest BCUT2D eigenvalue weighted by atomic mass is 32.2. The van der Waals surface area contributed by atoms with Crippen LogP contribution in [0.1, 0.15) is 6.92 Å². The molecule has 0 atom stereocenters. The van der Waals surface area contributed by atoms with Gasteiger partial charge in [0.05, 0.1) is 0 Å². The molecule has 0 saturated carbocycles. The van der Waals surface area contributed by atoms with Gasteiger partial charge in [0.1, 0.15) is 4.32 Å². The van der Waals surface area contributed by atoms with Gasteiger partial charge in [-0.1, -0.05) is 19.1 Å². The highest BCUT2D eigenvalue weighted by molar-refractivity contribution is 8.21. The lowest BCUT2D eigenvalue weighted by molar-refractivity contribution is 1.04. The van der Waals surface area contributed by atoms with E-state index < -0.39 is 0 Å². The van der Waals surface area contributed by atoms with Gasteiger partial charge in [-0.05, 0) is 11.9 Å². The Balaban J connectivity index is 2.99. The Morgan fingerprint density at radius 3 is 2.75 bits per heavy atom. The van der Waals surface area contributed by atoms with Gasteiger partial charge in [0.2, 0.25) is 0 Å². The van der Waals surface area contributed by atoms with Crippen molar-refractivity contribution in [3.63, 3.8) is 0 Å². The van der Waals surface area contributed by atoms with Gasteiger partial charge >= 0.3 is 0 Å². The smallest absolute Gasteiger partial charge is 0.148 e. The zero-order valence-corrected chi connectivity index (χ0v) is 6.66. The van der Waals surface area contributed by atoms with Crippen LogP contribution in [-0.4, -0.2) is 17.9 Å². The fourth-order valence-electron chi connectivity index (χ4n) is 0.189. The predicted molar refractivity (Wildman–Crippen MR) is 42.9 cm³/mol. The summed E-state index contributed by atoms with van der Waals surface area (Å²) in [5.74, 6) is 0. The van der Waals surface area contributed by atoms with Crippen molar-refractivity contribution in [1.82, 2.24) is 10.0 Å². The third-order valence-electron chi connectivity index (χ3n) is 0.513. The summed E-state index contributed by atoms with van der Waals surface area (Å²) in [5, 5.41) is 2.83. The molecule has 0 fully saturated rings. The second-order valence-electron chi connectivity index (χ2n) is 1.14. The predicted octanol–water partition coefficient (Wildman–Crippen LogP) is 0.748. The quantitative estimate of drug-likeness (QED) is 0.448. The Bertz CT molecular complexity index is 74.4. The summed E-state index contributed by atoms with van der Waals surface area (Å²) in [7, 11) is 1.81. The summed E-state index contributed by atoms with van der Waals surface area (Å²) in [4.78, 5) is 0. The lowest BCUT2D eigenvalue weighted by Gasteiger charge is -1.99. The monoisotopic (exact) mass is 150 g/mol. The SMILES string of the molecule is CCNSC(=S)NC. The van der Waals surface area contributed by atoms with Gasteiger partial charge in [0.25, 0.3) is 0 Å². The van der Waals surface area contributed by atoms with Crippen LogP contribution >= 0.6 is 24.2 Å². The molecule has 2 N–H and O–H groups in total. The van der Waals surface area contributed by atoms with Crippen molar-refractivity contribution in [2.75, 3.05) is 13.6 Å². The zero-order valence-electron chi connectivity index (χ0n) is 5.02. The van der Waals surface area contributed by atoms with E-state index in [-0.39, 0.29) is 0 Å². The number of thiocarbonyl (C=S) groups is 1. The van der Waals surface area contributed by atoms with Crippen LogP contribution in [0.5, 0.6) is 0 Å². The van der Waals surface area contributed by atoms with Crippen LogP contribution in [0.4, 0.5) is 0 Å². The second kappa shape index (κ2) is 5.34. The molecule has 0 radical (unpaired) electrons. The van der Waals surface area contributed by atoms with Crippen LogP contribution in [0.15, 0.2) is 0 Å². The molecule has 0 bridgehead atoms. The molecule has 2 nitrogen and oxygen atoms in total. The van der Waals surface area contributed by atoms with Crippen LogP contribution in [-0.2, 0) is 0 Å². The second-order valence-corrected chi connectivity index (χ2v) is 2.71. The topological polar surface area (TPSA) is 24.1 Å². The first-order valence-electron chi connectivity index (χ1n) is 2.42. The Labute approximate surface area is 59.6 Å². The fourth-order valence-corrected chi connectivity index (χ4v) is 0.743. The normalized spacial score (nSPS) is 8.75. The van der Waals surface area contributed by atoms with E-state index in [1.54, 1.807) is 0 Å². The summed E-state index contributed by atoms with van der Waals surface area (Å²) in [6, 6.07) is 0. The summed E-state index contributed by atoms with van der Waals surface area (Å²) in [6.07, 6.45) is 0. The molecular weight excluding hydrogens is 140 g/mol. The van der Waals surface area contributed by atoms with Crippen molar-refractivity contribution < 1.29 is 0 Å². The van der Waals surface area contributed by atoms with Gasteiger partial charge in [-0.15, -0.1) is 0 Å². The number of nitrogens with one attached hydrogen (secondary N) is 2. The molecule has 0 amide bonds. The summed E-state index contributed by atoms with van der Waals surface area (Å²) in [5.41, 5.74) is 0. The van der Waals surface area contributed by atoms with Crippen LogP contribution in [0, 0.1) is 0 Å². The van der Waals surface area contributed by atoms with E-state index in [9.17, 15) is 0 Å². The third-order valence-corrected chi connectivity index (χ3v) is 1.79. The molecule has 0 spiro atoms. The van der Waals surface area contributed by atoms with Gasteiger partial charge in [-0.3, -0.25) is 4.72 Å². The van der Waals surface area contributed by atoms with Crippen LogP contribution < -0.4 is 10.0 Å². The molecule has 0 aromatic carbocycles. The molecule has 0 heterocycles. The van der Waals surface area contributed by atoms with E-state index in [1.165, 1.54) is 11.9 Å². The minimum absolute atomic E-state index is 0.784. The molecule has 0 aromatic rings. The largest absolute Gasteiger partial charge is 0.373 e. The lowest BCUT2D eigenvalue weighted by Crippen LogP contribution is -2.16. The molecule has 0 aliphatic heterocycles. The Morgan fingerprint density at radius 2 is 2.38 bits per heavy atom. The molecule has 0 aliphatic carbocycles. The average molecular weight is 150 g/mol. The van der Waals surface area contributed by atoms with E-state index in [1.807, 2.05) is 14.0 Å². The molecule has 0 unspecified atom stereocenters. The maximum absolute atomic E-state index is 4.81. The molecule has 8 heavy (non-hydrogen) atoms. The Morgan fingerprint density at radius 1 is 1.75 bits per heavy atom. The van der Waals surface area contributed by atoms with Crippen LogP contribution in [0.25, 0.3) is 0 Å². The number of rotatable bonds is 2. The fraction of sp³-hybridized carbons (Fsp3) is 0.750. The van der Waals surface area contributed by atoms with Crippen molar-refractivity contribution in [1.29, 1.82) is 0 Å². The van der Waals surface area contributed by atoms with E-state index in [4.69, 9.17) is 12.2 Å². The molecule has 4 heteroatoms. The van der Waals surface area contributed by atoms with Gasteiger partial charge in [-0.2, -0.15) is 0 Å². The number of hydrogen-bond acceptors (Lipinski definition) is 3. The van der Waals surface area contributed by atoms with Crippen LogP contribution in [0.3, 0.4) is 0 Å². The van der Waals surface area contributed by atoms with Gasteiger partial charge < -0.3 is 5.32 Å². The standard InChI is InChI=1S/C4H10N2S2/c1-3-6-8-4(7)5-2/h6H,3H2,1-2H3,(H,5,7). The summed E-state index contributed by atoms with van der Waals surface area (Å²) >= 11 is 6.26. The maximum atomic E-state index is 4.81. The van der Waals surface area contributed by atoms with Crippen molar-refractivity contribution in [2.45, 2.75) is 6.92 Å². The van der Waals surface area contributed by atoms with Crippen molar-refractivity contribution in [3.8, 4) is 0 Å². The highest BCUT2D eigenvalue weighted by Crippen LogP contribution is 1.91. The van der Waals surface area contributed by atoms with Gasteiger partial charge in [0.15, 0.2) is 0 Å².